The maximum atomic E-state index is 4.12. The van der Waals surface area contributed by atoms with Gasteiger partial charge in [0.05, 0.1) is 17.2 Å². The summed E-state index contributed by atoms with van der Waals surface area (Å²) in [4.78, 5) is 0. The molecule has 1 aromatic carbocycles. The van der Waals surface area contributed by atoms with Crippen LogP contribution in [0.3, 0.4) is 0 Å². The molecule has 3 rings (SSSR count). The third-order valence-corrected chi connectivity index (χ3v) is 2.07. The molecule has 0 saturated carbocycles. The molecule has 3 aromatic rings. The molecule has 0 atom stereocenters. The van der Waals surface area contributed by atoms with Crippen LogP contribution in [0.5, 0.6) is 0 Å². The van der Waals surface area contributed by atoms with Gasteiger partial charge in [-0.25, -0.2) is 0 Å². The lowest BCUT2D eigenvalue weighted by Gasteiger charge is -1.83. The first-order valence-electron chi connectivity index (χ1n) is 3.85. The van der Waals surface area contributed by atoms with E-state index in [-0.39, 0.29) is 0 Å². The summed E-state index contributed by atoms with van der Waals surface area (Å²) in [6.45, 7) is 0. The Labute approximate surface area is 68.6 Å². The molecule has 0 bridgehead atoms. The van der Waals surface area contributed by atoms with Gasteiger partial charge in [0.25, 0.3) is 0 Å². The molecule has 12 heavy (non-hydrogen) atoms. The molecule has 0 fully saturated rings. The Hall–Kier alpha value is -1.77. The van der Waals surface area contributed by atoms with Crippen molar-refractivity contribution in [3.8, 4) is 0 Å². The van der Waals surface area contributed by atoms with Gasteiger partial charge in [-0.2, -0.15) is 9.73 Å². The van der Waals surface area contributed by atoms with E-state index in [9.17, 15) is 0 Å². The number of H-pyrrole nitrogens is 1. The van der Waals surface area contributed by atoms with Crippen molar-refractivity contribution in [2.24, 2.45) is 0 Å². The highest BCUT2D eigenvalue weighted by molar-refractivity contribution is 5.93. The molecule has 0 aliphatic rings. The highest BCUT2D eigenvalue weighted by Crippen LogP contribution is 2.17. The molecule has 0 radical (unpaired) electrons. The van der Waals surface area contributed by atoms with Crippen LogP contribution >= 0.6 is 0 Å². The summed E-state index contributed by atoms with van der Waals surface area (Å²) in [6.07, 6.45) is 1.79. The summed E-state index contributed by atoms with van der Waals surface area (Å²) in [5.41, 5.74) is 2.26. The first-order valence-corrected chi connectivity index (χ1v) is 3.85. The van der Waals surface area contributed by atoms with E-state index in [0.717, 1.165) is 11.0 Å². The highest BCUT2D eigenvalue weighted by Gasteiger charge is 2.01. The second-order valence-electron chi connectivity index (χ2n) is 2.79. The number of aromatic nitrogens is 3. The quantitative estimate of drug-likeness (QED) is 0.530. The fourth-order valence-electron chi connectivity index (χ4n) is 1.51. The van der Waals surface area contributed by atoms with Crippen LogP contribution < -0.4 is 0 Å². The Kier molecular flexibility index (Phi) is 0.913. The molecule has 3 heteroatoms. The zero-order valence-corrected chi connectivity index (χ0v) is 6.36. The van der Waals surface area contributed by atoms with E-state index < -0.39 is 0 Å². The summed E-state index contributed by atoms with van der Waals surface area (Å²) in [5, 5.41) is 8.50. The summed E-state index contributed by atoms with van der Waals surface area (Å²) < 4.78 is 1.78. The van der Waals surface area contributed by atoms with Crippen molar-refractivity contribution in [1.29, 1.82) is 0 Å². The molecule has 0 saturated heterocycles. The fourth-order valence-corrected chi connectivity index (χ4v) is 1.51. The van der Waals surface area contributed by atoms with Crippen molar-refractivity contribution < 1.29 is 0 Å². The van der Waals surface area contributed by atoms with E-state index in [1.165, 1.54) is 5.39 Å². The van der Waals surface area contributed by atoms with Gasteiger partial charge < -0.3 is 0 Å². The van der Waals surface area contributed by atoms with E-state index in [2.05, 4.69) is 16.3 Å². The second-order valence-corrected chi connectivity index (χ2v) is 2.79. The Morgan fingerprint density at radius 3 is 3.08 bits per heavy atom. The Bertz CT molecular complexity index is 532. The second kappa shape index (κ2) is 1.88. The van der Waals surface area contributed by atoms with Gasteiger partial charge in [-0.05, 0) is 12.1 Å². The van der Waals surface area contributed by atoms with Gasteiger partial charge in [-0.15, -0.1) is 0 Å². The fraction of sp³-hybridized carbons (Fsp3) is 0. The van der Waals surface area contributed by atoms with Crippen LogP contribution in [0.2, 0.25) is 0 Å². The lowest BCUT2D eigenvalue weighted by molar-refractivity contribution is 0.834. The van der Waals surface area contributed by atoms with Gasteiger partial charge in [0, 0.05) is 5.39 Å². The first kappa shape index (κ1) is 5.83. The average molecular weight is 157 g/mol. The standard InChI is InChI=1S/C9H7N3/c1-2-4-8-7(3-1)9-5-6-10-12(9)11-8/h1-6,11H. The number of nitrogens with one attached hydrogen (secondary N) is 1. The maximum Gasteiger partial charge on any atom is 0.0943 e. The van der Waals surface area contributed by atoms with Crippen molar-refractivity contribution >= 4 is 16.4 Å². The monoisotopic (exact) mass is 157 g/mol. The number of hydrogen-bond acceptors (Lipinski definition) is 1. The van der Waals surface area contributed by atoms with Crippen molar-refractivity contribution in [2.75, 3.05) is 0 Å². The van der Waals surface area contributed by atoms with Gasteiger partial charge in [-0.3, -0.25) is 5.10 Å². The summed E-state index contributed by atoms with van der Waals surface area (Å²) in [5.74, 6) is 0. The number of aromatic amines is 1. The number of hydrogen-bond donors (Lipinski definition) is 1. The number of benzene rings is 1. The highest BCUT2D eigenvalue weighted by atomic mass is 15.4. The van der Waals surface area contributed by atoms with Crippen molar-refractivity contribution in [2.45, 2.75) is 0 Å². The third-order valence-electron chi connectivity index (χ3n) is 2.07. The zero-order chi connectivity index (χ0) is 7.97. The van der Waals surface area contributed by atoms with Crippen LogP contribution in [0, 0.1) is 0 Å². The van der Waals surface area contributed by atoms with Crippen LogP contribution in [0.4, 0.5) is 0 Å². The molecule has 0 aliphatic carbocycles. The largest absolute Gasteiger partial charge is 0.277 e. The van der Waals surface area contributed by atoms with Crippen LogP contribution in [-0.4, -0.2) is 14.8 Å². The molecule has 58 valence electrons. The Morgan fingerprint density at radius 2 is 2.08 bits per heavy atom. The lowest BCUT2D eigenvalue weighted by Crippen LogP contribution is -1.82. The first-order chi connectivity index (χ1) is 5.95. The Balaban J connectivity index is 2.68. The van der Waals surface area contributed by atoms with E-state index in [4.69, 9.17) is 0 Å². The number of nitrogens with zero attached hydrogens (tertiary/aromatic N) is 2. The van der Waals surface area contributed by atoms with Crippen LogP contribution in [0.1, 0.15) is 0 Å². The maximum absolute atomic E-state index is 4.12. The van der Waals surface area contributed by atoms with E-state index >= 15 is 0 Å². The van der Waals surface area contributed by atoms with Gasteiger partial charge in [-0.1, -0.05) is 18.2 Å². The lowest BCUT2D eigenvalue weighted by atomic mass is 10.2. The summed E-state index contributed by atoms with van der Waals surface area (Å²) in [7, 11) is 0. The normalized spacial score (nSPS) is 11.3. The van der Waals surface area contributed by atoms with E-state index in [1.54, 1.807) is 10.8 Å². The number of para-hydroxylation sites is 1. The molecule has 2 heterocycles. The van der Waals surface area contributed by atoms with E-state index in [1.807, 2.05) is 24.3 Å². The molecule has 0 aliphatic heterocycles. The van der Waals surface area contributed by atoms with Gasteiger partial charge in [0.1, 0.15) is 0 Å². The summed E-state index contributed by atoms with van der Waals surface area (Å²) in [6, 6.07) is 10.2. The predicted molar refractivity (Wildman–Crippen MR) is 47.0 cm³/mol. The molecule has 2 aromatic heterocycles. The zero-order valence-electron chi connectivity index (χ0n) is 6.36. The third kappa shape index (κ3) is 0.580. The smallest absolute Gasteiger partial charge is 0.0943 e. The average Bonchev–Trinajstić information content (AvgIpc) is 2.62. The van der Waals surface area contributed by atoms with Gasteiger partial charge in [0.15, 0.2) is 0 Å². The molecule has 3 nitrogen and oxygen atoms in total. The molecule has 0 unspecified atom stereocenters. The number of rotatable bonds is 0. The Morgan fingerprint density at radius 1 is 1.17 bits per heavy atom. The minimum atomic E-state index is 1.13. The van der Waals surface area contributed by atoms with Crippen LogP contribution in [-0.2, 0) is 0 Å². The predicted octanol–water partition coefficient (Wildman–Crippen LogP) is 1.82. The molecular formula is C9H7N3. The topological polar surface area (TPSA) is 33.1 Å². The molecule has 0 spiro atoms. The van der Waals surface area contributed by atoms with Gasteiger partial charge in [0.2, 0.25) is 0 Å². The van der Waals surface area contributed by atoms with Crippen molar-refractivity contribution in [1.82, 2.24) is 14.8 Å². The molecule has 0 amide bonds. The van der Waals surface area contributed by atoms with Crippen molar-refractivity contribution in [3.63, 3.8) is 0 Å². The number of fused-ring (bicyclic) bond motifs is 3. The molecular weight excluding hydrogens is 150 g/mol. The van der Waals surface area contributed by atoms with E-state index in [0.29, 0.717) is 0 Å². The minimum Gasteiger partial charge on any atom is -0.277 e. The minimum absolute atomic E-state index is 1.13. The van der Waals surface area contributed by atoms with Crippen LogP contribution in [0.25, 0.3) is 16.4 Å². The van der Waals surface area contributed by atoms with Crippen LogP contribution in [0.15, 0.2) is 36.5 Å². The summed E-state index contributed by atoms with van der Waals surface area (Å²) >= 11 is 0. The SMILES string of the molecule is c1ccc2c(c1)[nH]n1nccc21. The molecule has 1 N–H and O–H groups in total. The van der Waals surface area contributed by atoms with Gasteiger partial charge >= 0.3 is 0 Å². The van der Waals surface area contributed by atoms with Crippen molar-refractivity contribution in [3.05, 3.63) is 36.5 Å².